The monoisotopic (exact) mass is 531 g/mol. The van der Waals surface area contributed by atoms with Gasteiger partial charge in [-0.3, -0.25) is 9.69 Å². The Morgan fingerprint density at radius 2 is 1.59 bits per heavy atom. The van der Waals surface area contributed by atoms with E-state index in [0.29, 0.717) is 64.7 Å². The summed E-state index contributed by atoms with van der Waals surface area (Å²) in [5.74, 6) is 0.614. The van der Waals surface area contributed by atoms with Gasteiger partial charge in [0, 0.05) is 61.1 Å². The van der Waals surface area contributed by atoms with Crippen LogP contribution in [0.4, 0.5) is 0 Å². The molecule has 0 saturated carbocycles. The van der Waals surface area contributed by atoms with Crippen molar-refractivity contribution in [1.82, 2.24) is 14.4 Å². The lowest BCUT2D eigenvalue weighted by Crippen LogP contribution is -2.42. The minimum absolute atomic E-state index is 0.0108. The van der Waals surface area contributed by atoms with Crippen molar-refractivity contribution in [2.75, 3.05) is 52.6 Å². The summed E-state index contributed by atoms with van der Waals surface area (Å²) < 4.78 is 13.2. The molecule has 0 unspecified atom stereocenters. The normalized spacial score (nSPS) is 14.8. The summed E-state index contributed by atoms with van der Waals surface area (Å²) in [4.78, 5) is 16.3. The molecule has 2 N–H and O–H groups in total. The molecular weight excluding hydrogens is 494 g/mol. The quantitative estimate of drug-likeness (QED) is 0.292. The molecular formula is C31H37N3O5. The highest BCUT2D eigenvalue weighted by Crippen LogP contribution is 2.29. The fourth-order valence-electron chi connectivity index (χ4n) is 5.29. The van der Waals surface area contributed by atoms with Gasteiger partial charge in [0.25, 0.3) is 5.91 Å². The molecule has 4 aromatic rings. The fourth-order valence-corrected chi connectivity index (χ4v) is 5.29. The largest absolute Gasteiger partial charge is 0.484 e. The number of benzene rings is 3. The third-order valence-corrected chi connectivity index (χ3v) is 7.23. The predicted octanol–water partition coefficient (Wildman–Crippen LogP) is 3.28. The number of ether oxygens (including phenoxy) is 2. The van der Waals surface area contributed by atoms with Gasteiger partial charge in [-0.25, -0.2) is 0 Å². The Bertz CT molecular complexity index is 1310. The molecule has 0 spiro atoms. The lowest BCUT2D eigenvalue weighted by Gasteiger charge is -2.27. The van der Waals surface area contributed by atoms with E-state index in [9.17, 15) is 15.0 Å². The summed E-state index contributed by atoms with van der Waals surface area (Å²) in [6.45, 7) is 4.73. The van der Waals surface area contributed by atoms with Gasteiger partial charge in [-0.2, -0.15) is 0 Å². The molecule has 1 saturated heterocycles. The number of hydrogen-bond acceptors (Lipinski definition) is 6. The van der Waals surface area contributed by atoms with Crippen LogP contribution in [0, 0.1) is 0 Å². The van der Waals surface area contributed by atoms with Crippen molar-refractivity contribution in [1.29, 1.82) is 0 Å². The lowest BCUT2D eigenvalue weighted by molar-refractivity contribution is -0.137. The molecule has 0 radical (unpaired) electrons. The molecule has 2 heterocycles. The Hall–Kier alpha value is -3.43. The molecule has 1 aromatic heterocycles. The molecule has 0 bridgehead atoms. The number of amides is 1. The van der Waals surface area contributed by atoms with Gasteiger partial charge in [-0.05, 0) is 36.2 Å². The van der Waals surface area contributed by atoms with Crippen molar-refractivity contribution < 1.29 is 24.5 Å². The maximum Gasteiger partial charge on any atom is 0.260 e. The van der Waals surface area contributed by atoms with E-state index in [1.807, 2.05) is 48.5 Å². The van der Waals surface area contributed by atoms with E-state index in [0.717, 1.165) is 16.6 Å². The van der Waals surface area contributed by atoms with Crippen LogP contribution in [-0.2, 0) is 22.6 Å². The zero-order chi connectivity index (χ0) is 27.0. The highest BCUT2D eigenvalue weighted by Gasteiger charge is 2.18. The van der Waals surface area contributed by atoms with Gasteiger partial charge in [0.1, 0.15) is 5.75 Å². The number of carbonyl (C=O) groups excluding carboxylic acids is 1. The molecule has 206 valence electrons. The Balaban J connectivity index is 1.21. The number of hydrogen-bond donors (Lipinski definition) is 2. The number of aromatic nitrogens is 1. The van der Waals surface area contributed by atoms with Crippen LogP contribution in [0.5, 0.6) is 5.75 Å². The maximum absolute atomic E-state index is 12.3. The van der Waals surface area contributed by atoms with Gasteiger partial charge < -0.3 is 29.2 Å². The summed E-state index contributed by atoms with van der Waals surface area (Å²) in [5.41, 5.74) is 3.30. The molecule has 8 heteroatoms. The third kappa shape index (κ3) is 6.78. The van der Waals surface area contributed by atoms with Crippen molar-refractivity contribution in [3.8, 4) is 5.75 Å². The molecule has 1 aliphatic heterocycles. The number of para-hydroxylation sites is 2. The highest BCUT2D eigenvalue weighted by atomic mass is 16.5. The minimum atomic E-state index is -0.586. The smallest absolute Gasteiger partial charge is 0.260 e. The Morgan fingerprint density at radius 1 is 0.949 bits per heavy atom. The first kappa shape index (κ1) is 27.1. The second-order valence-corrected chi connectivity index (χ2v) is 10.0. The van der Waals surface area contributed by atoms with E-state index in [-0.39, 0.29) is 19.1 Å². The van der Waals surface area contributed by atoms with Gasteiger partial charge in [-0.15, -0.1) is 0 Å². The second kappa shape index (κ2) is 13.1. The van der Waals surface area contributed by atoms with Crippen LogP contribution in [0.1, 0.15) is 12.0 Å². The highest BCUT2D eigenvalue weighted by molar-refractivity contribution is 6.07. The van der Waals surface area contributed by atoms with Crippen molar-refractivity contribution in [3.05, 3.63) is 78.4 Å². The molecule has 8 nitrogen and oxygen atoms in total. The summed E-state index contributed by atoms with van der Waals surface area (Å²) in [6.07, 6.45) is 0.0455. The van der Waals surface area contributed by atoms with Crippen molar-refractivity contribution in [3.63, 3.8) is 0 Å². The number of morpholine rings is 1. The molecule has 0 aliphatic carbocycles. The summed E-state index contributed by atoms with van der Waals surface area (Å²) in [7, 11) is 0. The fraction of sp³-hybridized carbons (Fsp3) is 0.387. The molecule has 3 aromatic carbocycles. The van der Waals surface area contributed by atoms with Gasteiger partial charge in [0.15, 0.2) is 6.61 Å². The number of fused-ring (bicyclic) bond motifs is 3. The summed E-state index contributed by atoms with van der Waals surface area (Å²) >= 11 is 0. The van der Waals surface area contributed by atoms with Crippen LogP contribution in [0.15, 0.2) is 72.8 Å². The van der Waals surface area contributed by atoms with Crippen molar-refractivity contribution in [2.45, 2.75) is 25.6 Å². The topological polar surface area (TPSA) is 87.4 Å². The first-order valence-corrected chi connectivity index (χ1v) is 13.7. The van der Waals surface area contributed by atoms with E-state index in [2.05, 4.69) is 33.7 Å². The summed E-state index contributed by atoms with van der Waals surface area (Å²) in [5, 5.41) is 23.0. The Labute approximate surface area is 229 Å². The van der Waals surface area contributed by atoms with Crippen LogP contribution < -0.4 is 4.74 Å². The number of carbonyl (C=O) groups is 1. The van der Waals surface area contributed by atoms with Crippen LogP contribution in [0.25, 0.3) is 21.8 Å². The van der Waals surface area contributed by atoms with E-state index in [1.54, 1.807) is 4.90 Å². The average molecular weight is 532 g/mol. The van der Waals surface area contributed by atoms with Gasteiger partial charge in [0.2, 0.25) is 0 Å². The Kier molecular flexibility index (Phi) is 9.11. The molecule has 1 fully saturated rings. The van der Waals surface area contributed by atoms with Crippen LogP contribution in [-0.4, -0.2) is 89.2 Å². The number of nitrogens with zero attached hydrogens (tertiary/aromatic N) is 3. The van der Waals surface area contributed by atoms with E-state index < -0.39 is 6.10 Å². The van der Waals surface area contributed by atoms with Crippen molar-refractivity contribution >= 4 is 27.7 Å². The minimum Gasteiger partial charge on any atom is -0.484 e. The second-order valence-electron chi connectivity index (χ2n) is 10.0. The average Bonchev–Trinajstić information content (AvgIpc) is 3.29. The molecule has 5 rings (SSSR count). The number of aliphatic hydroxyl groups is 2. The number of rotatable bonds is 12. The lowest BCUT2D eigenvalue weighted by atomic mass is 10.2. The molecule has 1 atom stereocenters. The maximum atomic E-state index is 12.3. The Morgan fingerprint density at radius 3 is 2.23 bits per heavy atom. The SMILES string of the molecule is O=C(COc1ccc(CN(CCCO)C[C@H](O)Cn2c3ccccc3c3ccccc32)cc1)N1CCOCC1. The van der Waals surface area contributed by atoms with Crippen LogP contribution in [0.3, 0.4) is 0 Å². The standard InChI is InChI=1S/C31H37N3O5/c35-17-5-14-32(20-24-10-12-26(13-11-24)39-23-31(37)33-15-18-38-19-16-33)21-25(36)22-34-29-8-3-1-6-27(29)28-7-2-4-9-30(28)34/h1-4,6-13,25,35-36H,5,14-23H2/t25-/m0/s1. The van der Waals surface area contributed by atoms with Crippen LogP contribution in [0.2, 0.25) is 0 Å². The zero-order valence-electron chi connectivity index (χ0n) is 22.2. The van der Waals surface area contributed by atoms with E-state index in [4.69, 9.17) is 9.47 Å². The predicted molar refractivity (Wildman–Crippen MR) is 152 cm³/mol. The molecule has 39 heavy (non-hydrogen) atoms. The number of aliphatic hydroxyl groups excluding tert-OH is 2. The van der Waals surface area contributed by atoms with Crippen LogP contribution >= 0.6 is 0 Å². The summed E-state index contributed by atoms with van der Waals surface area (Å²) in [6, 6.07) is 24.3. The van der Waals surface area contributed by atoms with Gasteiger partial charge in [-0.1, -0.05) is 48.5 Å². The first-order valence-electron chi connectivity index (χ1n) is 13.7. The van der Waals surface area contributed by atoms with E-state index in [1.165, 1.54) is 10.8 Å². The molecule has 1 aliphatic rings. The van der Waals surface area contributed by atoms with E-state index >= 15 is 0 Å². The first-order chi connectivity index (χ1) is 19.1. The zero-order valence-corrected chi connectivity index (χ0v) is 22.2. The van der Waals surface area contributed by atoms with Crippen molar-refractivity contribution in [2.24, 2.45) is 0 Å². The third-order valence-electron chi connectivity index (χ3n) is 7.23. The van der Waals surface area contributed by atoms with Gasteiger partial charge >= 0.3 is 0 Å². The molecule has 1 amide bonds. The van der Waals surface area contributed by atoms with Gasteiger partial charge in [0.05, 0.1) is 25.9 Å².